The van der Waals surface area contributed by atoms with Crippen LogP contribution in [0.4, 0.5) is 0 Å². The molecule has 0 aromatic heterocycles. The van der Waals surface area contributed by atoms with Gasteiger partial charge in [0, 0.05) is 12.0 Å². The lowest BCUT2D eigenvalue weighted by Gasteiger charge is -2.26. The van der Waals surface area contributed by atoms with Gasteiger partial charge in [0.05, 0.1) is 0 Å². The Labute approximate surface area is 82.8 Å². The predicted molar refractivity (Wildman–Crippen MR) is 54.9 cm³/mol. The van der Waals surface area contributed by atoms with Gasteiger partial charge < -0.3 is 10.2 Å². The zero-order valence-electron chi connectivity index (χ0n) is 7.72. The Morgan fingerprint density at radius 1 is 1.14 bits per heavy atom. The first kappa shape index (κ1) is 9.03. The van der Waals surface area contributed by atoms with Crippen molar-refractivity contribution in [2.45, 2.75) is 12.0 Å². The van der Waals surface area contributed by atoms with E-state index in [0.29, 0.717) is 12.0 Å². The highest BCUT2D eigenvalue weighted by Gasteiger charge is 2.28. The molecule has 72 valence electrons. The van der Waals surface area contributed by atoms with Gasteiger partial charge in [0.1, 0.15) is 11.4 Å². The quantitative estimate of drug-likeness (QED) is 0.708. The maximum absolute atomic E-state index is 10.2. The van der Waals surface area contributed by atoms with Crippen molar-refractivity contribution in [1.82, 2.24) is 0 Å². The van der Waals surface area contributed by atoms with Crippen molar-refractivity contribution < 1.29 is 10.2 Å². The molecule has 0 amide bonds. The van der Waals surface area contributed by atoms with Crippen molar-refractivity contribution in [2.75, 3.05) is 0 Å². The van der Waals surface area contributed by atoms with E-state index in [1.165, 1.54) is 0 Å². The van der Waals surface area contributed by atoms with Crippen LogP contribution in [-0.2, 0) is 5.60 Å². The molecular weight excluding hydrogens is 176 g/mol. The van der Waals surface area contributed by atoms with Gasteiger partial charge in [-0.05, 0) is 12.1 Å². The second-order valence-electron chi connectivity index (χ2n) is 3.43. The first-order chi connectivity index (χ1) is 6.72. The molecule has 2 heteroatoms. The lowest BCUT2D eigenvalue weighted by atomic mass is 9.87. The van der Waals surface area contributed by atoms with Crippen molar-refractivity contribution in [3.8, 4) is 5.75 Å². The Kier molecular flexibility index (Phi) is 2.14. The molecule has 0 bridgehead atoms. The minimum Gasteiger partial charge on any atom is -0.508 e. The van der Waals surface area contributed by atoms with E-state index >= 15 is 0 Å². The summed E-state index contributed by atoms with van der Waals surface area (Å²) >= 11 is 0. The standard InChI is InChI=1S/C12H12O2/c13-11-7-3-2-6-10(11)12(14)8-4-1-5-9-12/h1-8,13-14H,9H2. The van der Waals surface area contributed by atoms with E-state index in [-0.39, 0.29) is 5.75 Å². The monoisotopic (exact) mass is 188 g/mol. The second kappa shape index (κ2) is 3.31. The minimum atomic E-state index is -1.06. The minimum absolute atomic E-state index is 0.134. The molecule has 0 saturated heterocycles. The Morgan fingerprint density at radius 3 is 2.57 bits per heavy atom. The summed E-state index contributed by atoms with van der Waals surface area (Å²) < 4.78 is 0. The maximum Gasteiger partial charge on any atom is 0.122 e. The van der Waals surface area contributed by atoms with E-state index in [9.17, 15) is 10.2 Å². The third kappa shape index (κ3) is 1.44. The fraction of sp³-hybridized carbons (Fsp3) is 0.167. The topological polar surface area (TPSA) is 40.5 Å². The van der Waals surface area contributed by atoms with Crippen LogP contribution in [0.25, 0.3) is 0 Å². The van der Waals surface area contributed by atoms with Crippen LogP contribution in [0.5, 0.6) is 5.75 Å². The van der Waals surface area contributed by atoms with Crippen molar-refractivity contribution in [1.29, 1.82) is 0 Å². The van der Waals surface area contributed by atoms with E-state index in [1.54, 1.807) is 36.4 Å². The number of phenols is 1. The van der Waals surface area contributed by atoms with Crippen molar-refractivity contribution in [2.24, 2.45) is 0 Å². The van der Waals surface area contributed by atoms with Gasteiger partial charge in [0.15, 0.2) is 0 Å². The Balaban J connectivity index is 2.44. The van der Waals surface area contributed by atoms with E-state index in [2.05, 4.69) is 0 Å². The second-order valence-corrected chi connectivity index (χ2v) is 3.43. The lowest BCUT2D eigenvalue weighted by molar-refractivity contribution is 0.0887. The Hall–Kier alpha value is -1.54. The highest BCUT2D eigenvalue weighted by Crippen LogP contribution is 2.34. The van der Waals surface area contributed by atoms with E-state index < -0.39 is 5.60 Å². The van der Waals surface area contributed by atoms with Gasteiger partial charge in [-0.1, -0.05) is 36.4 Å². The molecule has 2 nitrogen and oxygen atoms in total. The van der Waals surface area contributed by atoms with Gasteiger partial charge in [-0.25, -0.2) is 0 Å². The molecule has 1 aliphatic rings. The summed E-state index contributed by atoms with van der Waals surface area (Å²) in [7, 11) is 0. The number of hydrogen-bond donors (Lipinski definition) is 2. The number of aromatic hydroxyl groups is 1. The molecule has 1 aliphatic carbocycles. The van der Waals surface area contributed by atoms with E-state index in [4.69, 9.17) is 0 Å². The third-order valence-electron chi connectivity index (χ3n) is 2.42. The molecule has 0 heterocycles. The maximum atomic E-state index is 10.2. The van der Waals surface area contributed by atoms with Crippen LogP contribution in [0, 0.1) is 0 Å². The van der Waals surface area contributed by atoms with Gasteiger partial charge >= 0.3 is 0 Å². The van der Waals surface area contributed by atoms with Crippen LogP contribution in [0.2, 0.25) is 0 Å². The third-order valence-corrected chi connectivity index (χ3v) is 2.42. The molecule has 1 unspecified atom stereocenters. The van der Waals surface area contributed by atoms with Gasteiger partial charge in [-0.15, -0.1) is 0 Å². The predicted octanol–water partition coefficient (Wildman–Crippen LogP) is 2.10. The molecule has 0 aliphatic heterocycles. The summed E-state index contributed by atoms with van der Waals surface area (Å²) in [6, 6.07) is 6.86. The zero-order valence-corrected chi connectivity index (χ0v) is 7.72. The zero-order chi connectivity index (χ0) is 10.0. The molecule has 2 rings (SSSR count). The molecule has 0 spiro atoms. The van der Waals surface area contributed by atoms with Gasteiger partial charge in [-0.3, -0.25) is 0 Å². The normalized spacial score (nSPS) is 25.2. The molecule has 2 N–H and O–H groups in total. The number of aliphatic hydroxyl groups is 1. The van der Waals surface area contributed by atoms with Crippen LogP contribution in [0.3, 0.4) is 0 Å². The fourth-order valence-corrected chi connectivity index (χ4v) is 1.65. The van der Waals surface area contributed by atoms with E-state index in [1.807, 2.05) is 12.2 Å². The average Bonchev–Trinajstić information content (AvgIpc) is 2.19. The molecule has 1 aromatic carbocycles. The van der Waals surface area contributed by atoms with Gasteiger partial charge in [0.25, 0.3) is 0 Å². The van der Waals surface area contributed by atoms with Crippen molar-refractivity contribution in [3.63, 3.8) is 0 Å². The summed E-state index contributed by atoms with van der Waals surface area (Å²) in [5.41, 5.74) is -0.499. The largest absolute Gasteiger partial charge is 0.508 e. The summed E-state index contributed by atoms with van der Waals surface area (Å²) in [5.74, 6) is 0.134. The molecule has 0 fully saturated rings. The van der Waals surface area contributed by atoms with Crippen molar-refractivity contribution >= 4 is 0 Å². The van der Waals surface area contributed by atoms with Gasteiger partial charge in [0.2, 0.25) is 0 Å². The van der Waals surface area contributed by atoms with Crippen LogP contribution < -0.4 is 0 Å². The summed E-state index contributed by atoms with van der Waals surface area (Å²) in [4.78, 5) is 0. The average molecular weight is 188 g/mol. The Morgan fingerprint density at radius 2 is 1.93 bits per heavy atom. The lowest BCUT2D eigenvalue weighted by Crippen LogP contribution is -2.23. The molecular formula is C12H12O2. The molecule has 0 radical (unpaired) electrons. The highest BCUT2D eigenvalue weighted by molar-refractivity contribution is 5.41. The number of rotatable bonds is 1. The number of para-hydroxylation sites is 1. The highest BCUT2D eigenvalue weighted by atomic mass is 16.3. The molecule has 0 saturated carbocycles. The van der Waals surface area contributed by atoms with Gasteiger partial charge in [-0.2, -0.15) is 0 Å². The fourth-order valence-electron chi connectivity index (χ4n) is 1.65. The van der Waals surface area contributed by atoms with E-state index in [0.717, 1.165) is 0 Å². The molecule has 14 heavy (non-hydrogen) atoms. The first-order valence-electron chi connectivity index (χ1n) is 4.58. The molecule has 1 aromatic rings. The summed E-state index contributed by atoms with van der Waals surface area (Å²) in [6.07, 6.45) is 7.75. The first-order valence-corrected chi connectivity index (χ1v) is 4.58. The number of phenolic OH excluding ortho intramolecular Hbond substituents is 1. The summed E-state index contributed by atoms with van der Waals surface area (Å²) in [5, 5.41) is 19.8. The van der Waals surface area contributed by atoms with Crippen LogP contribution in [0.15, 0.2) is 48.6 Å². The number of hydrogen-bond acceptors (Lipinski definition) is 2. The SMILES string of the molecule is Oc1ccccc1C1(O)C=CC=CC1. The smallest absolute Gasteiger partial charge is 0.122 e. The van der Waals surface area contributed by atoms with Crippen molar-refractivity contribution in [3.05, 3.63) is 54.1 Å². The van der Waals surface area contributed by atoms with Crippen LogP contribution in [-0.4, -0.2) is 10.2 Å². The Bertz CT molecular complexity index is 393. The van der Waals surface area contributed by atoms with Crippen LogP contribution in [0.1, 0.15) is 12.0 Å². The number of allylic oxidation sites excluding steroid dienone is 2. The molecule has 1 atom stereocenters. The number of benzene rings is 1. The summed E-state index contributed by atoms with van der Waals surface area (Å²) in [6.45, 7) is 0. The van der Waals surface area contributed by atoms with Crippen LogP contribution >= 0.6 is 0 Å².